The lowest BCUT2D eigenvalue weighted by atomic mass is 10.1. The first kappa shape index (κ1) is 20.8. The van der Waals surface area contributed by atoms with Crippen molar-refractivity contribution in [1.29, 1.82) is 0 Å². The summed E-state index contributed by atoms with van der Waals surface area (Å²) in [6.07, 6.45) is 0. The molecule has 0 saturated carbocycles. The number of nitrogens with zero attached hydrogens (tertiary/aromatic N) is 1. The molecule has 3 rings (SSSR count). The highest BCUT2D eigenvalue weighted by molar-refractivity contribution is 7.89. The summed E-state index contributed by atoms with van der Waals surface area (Å²) >= 11 is 0. The number of benzene rings is 3. The molecule has 6 heteroatoms. The van der Waals surface area contributed by atoms with Crippen LogP contribution in [0.5, 0.6) is 0 Å². The predicted molar refractivity (Wildman–Crippen MR) is 115 cm³/mol. The van der Waals surface area contributed by atoms with E-state index in [0.717, 1.165) is 22.4 Å². The third-order valence-electron chi connectivity index (χ3n) is 4.93. The average Bonchev–Trinajstić information content (AvgIpc) is 2.72. The summed E-state index contributed by atoms with van der Waals surface area (Å²) in [5.74, 6) is -0.278. The molecule has 29 heavy (non-hydrogen) atoms. The van der Waals surface area contributed by atoms with E-state index < -0.39 is 10.0 Å². The molecule has 0 saturated heterocycles. The molecule has 0 aliphatic heterocycles. The lowest BCUT2D eigenvalue weighted by molar-refractivity contribution is 0.102. The molecule has 3 aromatic rings. The number of hydrogen-bond donors (Lipinski definition) is 1. The van der Waals surface area contributed by atoms with Crippen LogP contribution in [0, 0.1) is 13.8 Å². The van der Waals surface area contributed by atoms with Crippen LogP contribution in [0.4, 0.5) is 5.69 Å². The number of aryl methyl sites for hydroxylation is 1. The third kappa shape index (κ3) is 4.72. The Labute approximate surface area is 172 Å². The molecule has 5 nitrogen and oxygen atoms in total. The van der Waals surface area contributed by atoms with Gasteiger partial charge in [-0.3, -0.25) is 4.79 Å². The average molecular weight is 409 g/mol. The Bertz CT molecular complexity index is 1110. The zero-order valence-electron chi connectivity index (χ0n) is 16.7. The minimum Gasteiger partial charge on any atom is -0.322 e. The van der Waals surface area contributed by atoms with Crippen LogP contribution in [0.15, 0.2) is 77.7 Å². The summed E-state index contributed by atoms with van der Waals surface area (Å²) in [5, 5.41) is 2.88. The number of amides is 1. The highest BCUT2D eigenvalue weighted by atomic mass is 32.2. The Morgan fingerprint density at radius 2 is 1.55 bits per heavy atom. The monoisotopic (exact) mass is 408 g/mol. The summed E-state index contributed by atoms with van der Waals surface area (Å²) in [6.45, 7) is 4.21. The second kappa shape index (κ2) is 8.59. The van der Waals surface area contributed by atoms with Crippen molar-refractivity contribution < 1.29 is 13.2 Å². The molecule has 1 amide bonds. The largest absolute Gasteiger partial charge is 0.322 e. The van der Waals surface area contributed by atoms with Crippen molar-refractivity contribution >= 4 is 21.6 Å². The fraction of sp³-hybridized carbons (Fsp3) is 0.174. The molecule has 0 aromatic heterocycles. The SMILES string of the molecule is Cc1cccc(NC(=O)c2ccc(S(=O)(=O)N(C)Cc3ccccc3)cc2)c1C. The maximum absolute atomic E-state index is 12.8. The molecule has 0 atom stereocenters. The molecule has 0 fully saturated rings. The third-order valence-corrected chi connectivity index (χ3v) is 6.74. The van der Waals surface area contributed by atoms with E-state index in [-0.39, 0.29) is 17.3 Å². The van der Waals surface area contributed by atoms with E-state index in [9.17, 15) is 13.2 Å². The minimum atomic E-state index is -3.65. The summed E-state index contributed by atoms with van der Waals surface area (Å²) in [6, 6.07) is 21.1. The number of nitrogens with one attached hydrogen (secondary N) is 1. The number of rotatable bonds is 6. The zero-order valence-corrected chi connectivity index (χ0v) is 17.5. The van der Waals surface area contributed by atoms with Crippen molar-refractivity contribution in [3.05, 3.63) is 95.1 Å². The van der Waals surface area contributed by atoms with Gasteiger partial charge in [0.05, 0.1) is 4.90 Å². The number of carbonyl (C=O) groups excluding carboxylic acids is 1. The van der Waals surface area contributed by atoms with Crippen LogP contribution in [0.1, 0.15) is 27.0 Å². The number of carbonyl (C=O) groups is 1. The van der Waals surface area contributed by atoms with Gasteiger partial charge >= 0.3 is 0 Å². The number of hydrogen-bond acceptors (Lipinski definition) is 3. The van der Waals surface area contributed by atoms with Crippen LogP contribution in [0.3, 0.4) is 0 Å². The maximum atomic E-state index is 12.8. The zero-order chi connectivity index (χ0) is 21.0. The number of sulfonamides is 1. The van der Waals surface area contributed by atoms with E-state index in [0.29, 0.717) is 5.56 Å². The lowest BCUT2D eigenvalue weighted by Gasteiger charge is -2.17. The van der Waals surface area contributed by atoms with E-state index in [4.69, 9.17) is 0 Å². The normalized spacial score (nSPS) is 11.4. The van der Waals surface area contributed by atoms with Crippen molar-refractivity contribution in [3.63, 3.8) is 0 Å². The van der Waals surface area contributed by atoms with Gasteiger partial charge in [-0.2, -0.15) is 4.31 Å². The summed E-state index contributed by atoms with van der Waals surface area (Å²) in [7, 11) is -2.10. The second-order valence-corrected chi connectivity index (χ2v) is 9.02. The molecule has 0 heterocycles. The molecule has 0 radical (unpaired) electrons. The quantitative estimate of drug-likeness (QED) is 0.658. The topological polar surface area (TPSA) is 66.5 Å². The van der Waals surface area contributed by atoms with E-state index in [2.05, 4.69) is 5.32 Å². The second-order valence-electron chi connectivity index (χ2n) is 6.97. The van der Waals surface area contributed by atoms with Gasteiger partial charge in [0.25, 0.3) is 5.91 Å². The van der Waals surface area contributed by atoms with Gasteiger partial charge in [0.15, 0.2) is 0 Å². The first-order valence-electron chi connectivity index (χ1n) is 9.27. The highest BCUT2D eigenvalue weighted by Gasteiger charge is 2.21. The predicted octanol–water partition coefficient (Wildman–Crippen LogP) is 4.38. The van der Waals surface area contributed by atoms with Crippen molar-refractivity contribution in [2.24, 2.45) is 0 Å². The molecule has 3 aromatic carbocycles. The van der Waals surface area contributed by atoms with Gasteiger partial charge in [-0.25, -0.2) is 8.42 Å². The van der Waals surface area contributed by atoms with Gasteiger partial charge in [0.2, 0.25) is 10.0 Å². The van der Waals surface area contributed by atoms with Crippen LogP contribution in [0.25, 0.3) is 0 Å². The molecule has 0 unspecified atom stereocenters. The van der Waals surface area contributed by atoms with E-state index in [1.165, 1.54) is 28.6 Å². The van der Waals surface area contributed by atoms with Crippen LogP contribution < -0.4 is 5.32 Å². The van der Waals surface area contributed by atoms with Crippen molar-refractivity contribution in [1.82, 2.24) is 4.31 Å². The van der Waals surface area contributed by atoms with Crippen molar-refractivity contribution in [2.45, 2.75) is 25.3 Å². The summed E-state index contributed by atoms with van der Waals surface area (Å²) in [5.41, 5.74) is 4.14. The molecular weight excluding hydrogens is 384 g/mol. The first-order chi connectivity index (χ1) is 13.8. The molecule has 0 aliphatic rings. The molecule has 1 N–H and O–H groups in total. The van der Waals surface area contributed by atoms with Crippen LogP contribution in [-0.4, -0.2) is 25.7 Å². The van der Waals surface area contributed by atoms with Gasteiger partial charge in [-0.05, 0) is 60.9 Å². The molecular formula is C23H24N2O3S. The van der Waals surface area contributed by atoms with Crippen LogP contribution >= 0.6 is 0 Å². The van der Waals surface area contributed by atoms with Gasteiger partial charge in [0, 0.05) is 24.8 Å². The Morgan fingerprint density at radius 3 is 2.21 bits per heavy atom. The first-order valence-corrected chi connectivity index (χ1v) is 10.7. The van der Waals surface area contributed by atoms with E-state index in [1.54, 1.807) is 7.05 Å². The minimum absolute atomic E-state index is 0.152. The van der Waals surface area contributed by atoms with E-state index >= 15 is 0 Å². The van der Waals surface area contributed by atoms with Gasteiger partial charge in [0.1, 0.15) is 0 Å². The van der Waals surface area contributed by atoms with E-state index in [1.807, 2.05) is 62.4 Å². The Balaban J connectivity index is 1.75. The number of anilines is 1. The van der Waals surface area contributed by atoms with Crippen LogP contribution in [-0.2, 0) is 16.6 Å². The summed E-state index contributed by atoms with van der Waals surface area (Å²) < 4.78 is 26.9. The molecule has 0 aliphatic carbocycles. The summed E-state index contributed by atoms with van der Waals surface area (Å²) in [4.78, 5) is 12.7. The van der Waals surface area contributed by atoms with Crippen molar-refractivity contribution in [2.75, 3.05) is 12.4 Å². The Morgan fingerprint density at radius 1 is 0.897 bits per heavy atom. The van der Waals surface area contributed by atoms with Gasteiger partial charge < -0.3 is 5.32 Å². The lowest BCUT2D eigenvalue weighted by Crippen LogP contribution is -2.26. The Hall–Kier alpha value is -2.96. The maximum Gasteiger partial charge on any atom is 0.255 e. The molecule has 0 bridgehead atoms. The van der Waals surface area contributed by atoms with Crippen LogP contribution in [0.2, 0.25) is 0 Å². The standard InChI is InChI=1S/C23H24N2O3S/c1-17-8-7-11-22(18(17)2)24-23(26)20-12-14-21(15-13-20)29(27,28)25(3)16-19-9-5-4-6-10-19/h4-15H,16H2,1-3H3,(H,24,26). The smallest absolute Gasteiger partial charge is 0.255 e. The molecule has 0 spiro atoms. The molecule has 150 valence electrons. The Kier molecular flexibility index (Phi) is 6.15. The fourth-order valence-electron chi connectivity index (χ4n) is 2.96. The van der Waals surface area contributed by atoms with Crippen molar-refractivity contribution in [3.8, 4) is 0 Å². The fourth-order valence-corrected chi connectivity index (χ4v) is 4.12. The van der Waals surface area contributed by atoms with Gasteiger partial charge in [-0.1, -0.05) is 42.5 Å². The van der Waals surface area contributed by atoms with Gasteiger partial charge in [-0.15, -0.1) is 0 Å². The highest BCUT2D eigenvalue weighted by Crippen LogP contribution is 2.21.